The lowest BCUT2D eigenvalue weighted by molar-refractivity contribution is -0.0563. The first kappa shape index (κ1) is 22.2. The number of nitrogens with zero attached hydrogens (tertiary/aromatic N) is 4. The van der Waals surface area contributed by atoms with Crippen LogP contribution in [0.15, 0.2) is 54.9 Å². The number of carbonyl (C=O) groups excluding carboxylic acids is 2. The second kappa shape index (κ2) is 10.2. The quantitative estimate of drug-likeness (QED) is 0.293. The van der Waals surface area contributed by atoms with Gasteiger partial charge in [-0.05, 0) is 38.1 Å². The van der Waals surface area contributed by atoms with Crippen molar-refractivity contribution in [1.29, 1.82) is 0 Å². The van der Waals surface area contributed by atoms with Crippen LogP contribution in [0.2, 0.25) is 5.15 Å². The van der Waals surface area contributed by atoms with Gasteiger partial charge in [0.2, 0.25) is 5.95 Å². The SMILES string of the molecule is [2H]C1([2H])[C@H](OC(=O)c2ccc(C)cc2)[C@@H](COC(=O)c2ccc(C)cc2)O[C@H]1n1cnc2c(Cl)nc(N)nc21. The molecule has 5 rings (SSSR count). The molecule has 0 amide bonds. The van der Waals surface area contributed by atoms with Crippen LogP contribution in [0, 0.1) is 13.8 Å². The van der Waals surface area contributed by atoms with E-state index in [0.29, 0.717) is 5.56 Å². The van der Waals surface area contributed by atoms with E-state index in [1.54, 1.807) is 48.5 Å². The van der Waals surface area contributed by atoms with Gasteiger partial charge in [-0.1, -0.05) is 47.0 Å². The highest BCUT2D eigenvalue weighted by Crippen LogP contribution is 2.34. The van der Waals surface area contributed by atoms with Crippen molar-refractivity contribution < 1.29 is 26.5 Å². The van der Waals surface area contributed by atoms with E-state index in [1.165, 1.54) is 10.9 Å². The molecule has 3 atom stereocenters. The van der Waals surface area contributed by atoms with Crippen LogP contribution in [-0.2, 0) is 14.2 Å². The molecule has 0 radical (unpaired) electrons. The Morgan fingerprint density at radius 2 is 1.70 bits per heavy atom. The predicted molar refractivity (Wildman–Crippen MR) is 135 cm³/mol. The van der Waals surface area contributed by atoms with Crippen molar-refractivity contribution in [3.05, 3.63) is 82.3 Å². The summed E-state index contributed by atoms with van der Waals surface area (Å²) in [5.41, 5.74) is 8.53. The highest BCUT2D eigenvalue weighted by Gasteiger charge is 2.40. The van der Waals surface area contributed by atoms with Crippen LogP contribution in [0.3, 0.4) is 0 Å². The minimum absolute atomic E-state index is 0.0132. The van der Waals surface area contributed by atoms with E-state index in [1.807, 2.05) is 13.8 Å². The van der Waals surface area contributed by atoms with Gasteiger partial charge in [-0.2, -0.15) is 9.97 Å². The zero-order chi connectivity index (χ0) is 27.9. The lowest BCUT2D eigenvalue weighted by Crippen LogP contribution is -2.32. The predicted octanol–water partition coefficient (Wildman–Crippen LogP) is 4.05. The molecule has 1 aliphatic rings. The second-order valence-electron chi connectivity index (χ2n) is 8.55. The second-order valence-corrected chi connectivity index (χ2v) is 8.90. The third-order valence-corrected chi connectivity index (χ3v) is 6.05. The first-order valence-corrected chi connectivity index (χ1v) is 11.7. The van der Waals surface area contributed by atoms with Crippen LogP contribution in [0.1, 0.15) is 47.2 Å². The number of aromatic nitrogens is 4. The molecular weight excluding hydrogens is 498 g/mol. The molecule has 1 fully saturated rings. The van der Waals surface area contributed by atoms with Gasteiger partial charge >= 0.3 is 11.9 Å². The van der Waals surface area contributed by atoms with Crippen LogP contribution in [0.25, 0.3) is 11.2 Å². The molecule has 3 heterocycles. The summed E-state index contributed by atoms with van der Waals surface area (Å²) in [5, 5.41) is -0.0132. The minimum Gasteiger partial charge on any atom is -0.459 e. The van der Waals surface area contributed by atoms with E-state index in [9.17, 15) is 9.59 Å². The van der Waals surface area contributed by atoms with Crippen molar-refractivity contribution in [2.24, 2.45) is 0 Å². The highest BCUT2D eigenvalue weighted by atomic mass is 35.5. The highest BCUT2D eigenvalue weighted by molar-refractivity contribution is 6.33. The molecule has 0 spiro atoms. The summed E-state index contributed by atoms with van der Waals surface area (Å²) in [7, 11) is 0. The summed E-state index contributed by atoms with van der Waals surface area (Å²) in [5.74, 6) is -1.53. The Bertz CT molecular complexity index is 1550. The number of carbonyl (C=O) groups is 2. The molecule has 11 heteroatoms. The van der Waals surface area contributed by atoms with Crippen molar-refractivity contribution in [2.75, 3.05) is 12.3 Å². The van der Waals surface area contributed by atoms with Crippen LogP contribution in [-0.4, -0.2) is 50.3 Å². The van der Waals surface area contributed by atoms with Crippen molar-refractivity contribution in [2.45, 2.75) is 38.7 Å². The molecule has 1 aliphatic heterocycles. The number of nitrogens with two attached hydrogens (primary N) is 1. The van der Waals surface area contributed by atoms with Gasteiger partial charge in [0, 0.05) is 9.11 Å². The summed E-state index contributed by atoms with van der Waals surface area (Å²) < 4.78 is 36.3. The summed E-state index contributed by atoms with van der Waals surface area (Å²) in [6.07, 6.45) is -5.05. The van der Waals surface area contributed by atoms with Crippen molar-refractivity contribution in [1.82, 2.24) is 19.5 Å². The monoisotopic (exact) mass is 523 g/mol. The summed E-state index contributed by atoms with van der Waals surface area (Å²) in [6, 6.07) is 13.4. The van der Waals surface area contributed by atoms with Crippen LogP contribution >= 0.6 is 11.6 Å². The number of rotatable bonds is 6. The summed E-state index contributed by atoms with van der Waals surface area (Å²) >= 11 is 6.14. The average molecular weight is 524 g/mol. The Balaban J connectivity index is 1.46. The fraction of sp³-hybridized carbons (Fsp3) is 0.269. The van der Waals surface area contributed by atoms with E-state index in [-0.39, 0.29) is 34.4 Å². The number of hydrogen-bond acceptors (Lipinski definition) is 9. The van der Waals surface area contributed by atoms with E-state index in [4.69, 9.17) is 34.3 Å². The third-order valence-electron chi connectivity index (χ3n) is 5.78. The zero-order valence-electron chi connectivity index (χ0n) is 21.9. The lowest BCUT2D eigenvalue weighted by Gasteiger charge is -2.19. The van der Waals surface area contributed by atoms with Crippen LogP contribution < -0.4 is 5.73 Å². The Hall–Kier alpha value is -4.02. The Kier molecular flexibility index (Phi) is 6.09. The maximum atomic E-state index is 13.0. The van der Waals surface area contributed by atoms with E-state index >= 15 is 0 Å². The molecule has 1 saturated heterocycles. The lowest BCUT2D eigenvalue weighted by atomic mass is 10.1. The number of anilines is 1. The molecule has 10 nitrogen and oxygen atoms in total. The molecule has 0 aliphatic carbocycles. The van der Waals surface area contributed by atoms with Crippen LogP contribution in [0.5, 0.6) is 0 Å². The molecule has 2 N–H and O–H groups in total. The third kappa shape index (κ3) is 5.25. The van der Waals surface area contributed by atoms with Gasteiger partial charge in [-0.15, -0.1) is 0 Å². The summed E-state index contributed by atoms with van der Waals surface area (Å²) in [4.78, 5) is 37.9. The minimum atomic E-state index is -2.32. The van der Waals surface area contributed by atoms with E-state index < -0.39 is 36.7 Å². The average Bonchev–Trinajstić information content (AvgIpc) is 3.41. The van der Waals surface area contributed by atoms with Gasteiger partial charge in [0.15, 0.2) is 10.8 Å². The molecule has 4 aromatic rings. The number of nitrogen functional groups attached to an aromatic ring is 1. The molecule has 37 heavy (non-hydrogen) atoms. The summed E-state index contributed by atoms with van der Waals surface area (Å²) in [6.45, 7) is 3.38. The number of aryl methyl sites for hydroxylation is 2. The van der Waals surface area contributed by atoms with Gasteiger partial charge in [0.05, 0.1) is 17.5 Å². The molecule has 190 valence electrons. The molecule has 2 aromatic carbocycles. The van der Waals surface area contributed by atoms with Crippen molar-refractivity contribution in [3.63, 3.8) is 0 Å². The maximum absolute atomic E-state index is 13.0. The number of fused-ring (bicyclic) bond motifs is 1. The maximum Gasteiger partial charge on any atom is 0.338 e. The van der Waals surface area contributed by atoms with E-state index in [2.05, 4.69) is 15.0 Å². The fourth-order valence-electron chi connectivity index (χ4n) is 3.78. The van der Waals surface area contributed by atoms with Crippen LogP contribution in [0.4, 0.5) is 5.95 Å². The molecule has 0 unspecified atom stereocenters. The van der Waals surface area contributed by atoms with Crippen molar-refractivity contribution >= 4 is 40.7 Å². The standard InChI is InChI=1S/C26H24ClN5O5/c1-14-3-7-16(8-4-14)24(33)35-12-19-18(37-25(34)17-9-5-15(2)6-10-17)11-20(36-19)32-13-29-21-22(27)30-26(28)31-23(21)32/h3-10,13,18-20H,11-12H2,1-2H3,(H2,28,30,31)/t18-,19+,20+/m0/s1/i11D2. The van der Waals surface area contributed by atoms with Gasteiger partial charge in [0.25, 0.3) is 0 Å². The first-order valence-electron chi connectivity index (χ1n) is 12.4. The Labute approximate surface area is 220 Å². The number of benzene rings is 2. The van der Waals surface area contributed by atoms with E-state index in [0.717, 1.165) is 11.1 Å². The zero-order valence-corrected chi connectivity index (χ0v) is 20.7. The Morgan fingerprint density at radius 3 is 2.35 bits per heavy atom. The van der Waals surface area contributed by atoms with Gasteiger partial charge in [-0.3, -0.25) is 4.57 Å². The molecule has 2 aromatic heterocycles. The normalized spacial score (nSPS) is 21.3. The van der Waals surface area contributed by atoms with Crippen molar-refractivity contribution in [3.8, 4) is 0 Å². The van der Waals surface area contributed by atoms with Gasteiger partial charge < -0.3 is 19.9 Å². The van der Waals surface area contributed by atoms with Gasteiger partial charge in [-0.25, -0.2) is 14.6 Å². The number of esters is 2. The van der Waals surface area contributed by atoms with Gasteiger partial charge in [0.1, 0.15) is 30.6 Å². The molecular formula is C26H24ClN5O5. The Morgan fingerprint density at radius 1 is 1.08 bits per heavy atom. The fourth-order valence-corrected chi connectivity index (χ4v) is 4.00. The first-order chi connectivity index (χ1) is 18.5. The number of imidazole rings is 1. The smallest absolute Gasteiger partial charge is 0.338 e. The molecule has 0 saturated carbocycles. The number of halogens is 1. The number of ether oxygens (including phenoxy) is 3. The topological polar surface area (TPSA) is 131 Å². The number of hydrogen-bond donors (Lipinski definition) is 1. The molecule has 0 bridgehead atoms. The largest absolute Gasteiger partial charge is 0.459 e.